The first-order valence-electron chi connectivity index (χ1n) is 6.92. The Labute approximate surface area is 134 Å². The summed E-state index contributed by atoms with van der Waals surface area (Å²) in [7, 11) is 0. The molecule has 0 aliphatic rings. The second-order valence-electron chi connectivity index (χ2n) is 4.93. The van der Waals surface area contributed by atoms with E-state index in [1.165, 1.54) is 12.1 Å². The quantitative estimate of drug-likeness (QED) is 0.877. The van der Waals surface area contributed by atoms with Crippen LogP contribution in [0.15, 0.2) is 48.5 Å². The Balaban J connectivity index is 1.81. The van der Waals surface area contributed by atoms with E-state index in [1.54, 1.807) is 13.0 Å². The molecule has 0 fully saturated rings. The van der Waals surface area contributed by atoms with Gasteiger partial charge in [-0.15, -0.1) is 0 Å². The van der Waals surface area contributed by atoms with Crippen LogP contribution in [-0.4, -0.2) is 12.5 Å². The fraction of sp³-hybridized carbons (Fsp3) is 0.235. The lowest BCUT2D eigenvalue weighted by Crippen LogP contribution is -2.30. The van der Waals surface area contributed by atoms with Crippen molar-refractivity contribution in [1.82, 2.24) is 5.32 Å². The summed E-state index contributed by atoms with van der Waals surface area (Å²) in [5.41, 5.74) is 1.67. The minimum absolute atomic E-state index is 0.0436. The summed E-state index contributed by atoms with van der Waals surface area (Å²) in [6, 6.07) is 13.4. The predicted molar refractivity (Wildman–Crippen MR) is 84.1 cm³/mol. The molecule has 5 heteroatoms. The van der Waals surface area contributed by atoms with Crippen molar-refractivity contribution in [3.63, 3.8) is 0 Å². The zero-order valence-corrected chi connectivity index (χ0v) is 12.9. The van der Waals surface area contributed by atoms with E-state index in [0.29, 0.717) is 12.2 Å². The van der Waals surface area contributed by atoms with Crippen molar-refractivity contribution in [1.29, 1.82) is 0 Å². The summed E-state index contributed by atoms with van der Waals surface area (Å²) >= 11 is 5.97. The summed E-state index contributed by atoms with van der Waals surface area (Å²) in [6.45, 7) is 2.12. The molecule has 3 nitrogen and oxygen atoms in total. The van der Waals surface area contributed by atoms with E-state index >= 15 is 0 Å². The number of rotatable bonds is 6. The van der Waals surface area contributed by atoms with Crippen LogP contribution in [0.2, 0.25) is 5.02 Å². The van der Waals surface area contributed by atoms with E-state index in [2.05, 4.69) is 5.32 Å². The molecule has 2 rings (SSSR count). The third-order valence-corrected chi connectivity index (χ3v) is 3.48. The van der Waals surface area contributed by atoms with Crippen molar-refractivity contribution in [2.75, 3.05) is 6.61 Å². The molecule has 0 spiro atoms. The first kappa shape index (κ1) is 16.5. The number of hydrogen-bond donors (Lipinski definition) is 1. The van der Waals surface area contributed by atoms with Gasteiger partial charge in [-0.25, -0.2) is 4.39 Å². The maximum absolute atomic E-state index is 13.0. The summed E-state index contributed by atoms with van der Waals surface area (Å²) in [5.74, 6) is -0.651. The Morgan fingerprint density at radius 3 is 2.68 bits per heavy atom. The molecule has 116 valence electrons. The standard InChI is InChI=1S/C17H17ClFNO2/c1-12(15-8-7-14(19)9-16(15)18)20-17(21)11-22-10-13-5-3-2-4-6-13/h2-9,12H,10-11H2,1H3,(H,20,21). The largest absolute Gasteiger partial charge is 0.367 e. The Morgan fingerprint density at radius 1 is 1.27 bits per heavy atom. The van der Waals surface area contributed by atoms with Gasteiger partial charge in [0.2, 0.25) is 5.91 Å². The number of carbonyl (C=O) groups is 1. The van der Waals surface area contributed by atoms with Crippen LogP contribution in [0.1, 0.15) is 24.1 Å². The highest BCUT2D eigenvalue weighted by atomic mass is 35.5. The number of hydrogen-bond acceptors (Lipinski definition) is 2. The van der Waals surface area contributed by atoms with Gasteiger partial charge in [0, 0.05) is 5.02 Å². The van der Waals surface area contributed by atoms with Crippen LogP contribution in [0.25, 0.3) is 0 Å². The highest BCUT2D eigenvalue weighted by molar-refractivity contribution is 6.31. The van der Waals surface area contributed by atoms with Crippen molar-refractivity contribution in [2.45, 2.75) is 19.6 Å². The van der Waals surface area contributed by atoms with Crippen LogP contribution in [-0.2, 0) is 16.1 Å². The van der Waals surface area contributed by atoms with Crippen LogP contribution in [0.4, 0.5) is 4.39 Å². The number of benzene rings is 2. The van der Waals surface area contributed by atoms with Crippen molar-refractivity contribution in [3.8, 4) is 0 Å². The lowest BCUT2D eigenvalue weighted by atomic mass is 10.1. The molecule has 1 N–H and O–H groups in total. The molecule has 0 radical (unpaired) electrons. The number of nitrogens with one attached hydrogen (secondary N) is 1. The summed E-state index contributed by atoms with van der Waals surface area (Å²) in [6.07, 6.45) is 0. The van der Waals surface area contributed by atoms with Gasteiger partial charge in [0.15, 0.2) is 0 Å². The Morgan fingerprint density at radius 2 is 2.00 bits per heavy atom. The number of ether oxygens (including phenoxy) is 1. The molecular weight excluding hydrogens is 305 g/mol. The summed E-state index contributed by atoms with van der Waals surface area (Å²) in [4.78, 5) is 11.8. The fourth-order valence-electron chi connectivity index (χ4n) is 2.05. The Bertz CT molecular complexity index is 634. The van der Waals surface area contributed by atoms with Gasteiger partial charge in [-0.05, 0) is 30.2 Å². The second kappa shape index (κ2) is 7.92. The van der Waals surface area contributed by atoms with Gasteiger partial charge in [0.05, 0.1) is 12.6 Å². The number of halogens is 2. The van der Waals surface area contributed by atoms with Crippen LogP contribution < -0.4 is 5.32 Å². The van der Waals surface area contributed by atoms with E-state index in [-0.39, 0.29) is 23.6 Å². The summed E-state index contributed by atoms with van der Waals surface area (Å²) < 4.78 is 18.4. The topological polar surface area (TPSA) is 38.3 Å². The first-order valence-corrected chi connectivity index (χ1v) is 7.30. The van der Waals surface area contributed by atoms with Gasteiger partial charge in [-0.3, -0.25) is 4.79 Å². The van der Waals surface area contributed by atoms with Gasteiger partial charge in [-0.2, -0.15) is 0 Å². The summed E-state index contributed by atoms with van der Waals surface area (Å²) in [5, 5.41) is 3.06. The Hall–Kier alpha value is -1.91. The van der Waals surface area contributed by atoms with Gasteiger partial charge in [0.1, 0.15) is 12.4 Å². The highest BCUT2D eigenvalue weighted by Gasteiger charge is 2.13. The second-order valence-corrected chi connectivity index (χ2v) is 5.34. The van der Waals surface area contributed by atoms with Crippen molar-refractivity contribution >= 4 is 17.5 Å². The molecular formula is C17H17ClFNO2. The maximum atomic E-state index is 13.0. The van der Waals surface area contributed by atoms with Gasteiger partial charge in [-0.1, -0.05) is 48.0 Å². The zero-order valence-electron chi connectivity index (χ0n) is 12.2. The highest BCUT2D eigenvalue weighted by Crippen LogP contribution is 2.23. The molecule has 1 amide bonds. The van der Waals surface area contributed by atoms with E-state index in [9.17, 15) is 9.18 Å². The molecule has 2 aromatic rings. The van der Waals surface area contributed by atoms with Crippen LogP contribution in [0.3, 0.4) is 0 Å². The lowest BCUT2D eigenvalue weighted by Gasteiger charge is -2.16. The molecule has 0 saturated heterocycles. The van der Waals surface area contributed by atoms with Crippen molar-refractivity contribution < 1.29 is 13.9 Å². The zero-order chi connectivity index (χ0) is 15.9. The van der Waals surface area contributed by atoms with Crippen LogP contribution >= 0.6 is 11.6 Å². The van der Waals surface area contributed by atoms with E-state index in [4.69, 9.17) is 16.3 Å². The minimum Gasteiger partial charge on any atom is -0.367 e. The molecule has 0 aliphatic heterocycles. The predicted octanol–water partition coefficient (Wildman–Crippen LogP) is 3.87. The number of carbonyl (C=O) groups excluding carboxylic acids is 1. The maximum Gasteiger partial charge on any atom is 0.246 e. The monoisotopic (exact) mass is 321 g/mol. The van der Waals surface area contributed by atoms with E-state index < -0.39 is 5.82 Å². The van der Waals surface area contributed by atoms with Crippen LogP contribution in [0.5, 0.6) is 0 Å². The molecule has 0 aliphatic carbocycles. The molecule has 0 saturated carbocycles. The van der Waals surface area contributed by atoms with Gasteiger partial charge in [0.25, 0.3) is 0 Å². The third kappa shape index (κ3) is 4.83. The molecule has 0 aromatic heterocycles. The first-order chi connectivity index (χ1) is 10.6. The van der Waals surface area contributed by atoms with Gasteiger partial charge >= 0.3 is 0 Å². The smallest absolute Gasteiger partial charge is 0.246 e. The molecule has 1 atom stereocenters. The van der Waals surface area contributed by atoms with Crippen LogP contribution in [0, 0.1) is 5.82 Å². The fourth-order valence-corrected chi connectivity index (χ4v) is 2.38. The van der Waals surface area contributed by atoms with E-state index in [0.717, 1.165) is 5.56 Å². The average molecular weight is 322 g/mol. The Kier molecular flexibility index (Phi) is 5.92. The SMILES string of the molecule is CC(NC(=O)COCc1ccccc1)c1ccc(F)cc1Cl. The van der Waals surface area contributed by atoms with E-state index in [1.807, 2.05) is 30.3 Å². The number of amides is 1. The van der Waals surface area contributed by atoms with Crippen molar-refractivity contribution in [2.24, 2.45) is 0 Å². The molecule has 1 unspecified atom stereocenters. The molecule has 2 aromatic carbocycles. The van der Waals surface area contributed by atoms with Crippen molar-refractivity contribution in [3.05, 3.63) is 70.5 Å². The average Bonchev–Trinajstić information content (AvgIpc) is 2.48. The molecule has 22 heavy (non-hydrogen) atoms. The minimum atomic E-state index is -0.404. The lowest BCUT2D eigenvalue weighted by molar-refractivity contribution is -0.126. The van der Waals surface area contributed by atoms with Gasteiger partial charge < -0.3 is 10.1 Å². The molecule has 0 bridgehead atoms. The normalized spacial score (nSPS) is 12.0. The molecule has 0 heterocycles. The third-order valence-electron chi connectivity index (χ3n) is 3.15.